The molecular weight excluding hydrogens is 208 g/mol. The summed E-state index contributed by atoms with van der Waals surface area (Å²) in [7, 11) is 0. The summed E-state index contributed by atoms with van der Waals surface area (Å²) in [5, 5.41) is 2.52. The lowest BCUT2D eigenvalue weighted by Crippen LogP contribution is -1.92. The maximum Gasteiger partial charge on any atom is 0.152 e. The Morgan fingerprint density at radius 3 is 2.53 bits per heavy atom. The van der Waals surface area contributed by atoms with Crippen LogP contribution in [0.2, 0.25) is 0 Å². The van der Waals surface area contributed by atoms with E-state index in [0.717, 1.165) is 12.0 Å². The van der Waals surface area contributed by atoms with E-state index in [4.69, 9.17) is 0 Å². The molecule has 0 bridgehead atoms. The summed E-state index contributed by atoms with van der Waals surface area (Å²) >= 11 is 0. The van der Waals surface area contributed by atoms with E-state index in [9.17, 15) is 4.79 Å². The highest BCUT2D eigenvalue weighted by Crippen LogP contribution is 2.20. The average molecular weight is 224 g/mol. The van der Waals surface area contributed by atoms with Crippen LogP contribution in [-0.2, 0) is 11.2 Å². The van der Waals surface area contributed by atoms with Gasteiger partial charge in [-0.05, 0) is 42.7 Å². The second-order valence-corrected chi connectivity index (χ2v) is 4.42. The Bertz CT molecular complexity index is 574. The standard InChI is InChI=1S/C16H16O/c1-12(10-13(2)17)11-15-8-5-7-14-6-3-4-9-16(14)15/h3-10H,11H2,1-2H3/b12-10-. The molecule has 0 aliphatic heterocycles. The van der Waals surface area contributed by atoms with E-state index >= 15 is 0 Å². The molecule has 0 heterocycles. The summed E-state index contributed by atoms with van der Waals surface area (Å²) < 4.78 is 0. The normalized spacial score (nSPS) is 11.8. The number of hydrogen-bond donors (Lipinski definition) is 0. The highest BCUT2D eigenvalue weighted by molar-refractivity contribution is 5.89. The molecule has 2 aromatic rings. The molecule has 0 saturated carbocycles. The quantitative estimate of drug-likeness (QED) is 0.722. The maximum absolute atomic E-state index is 11.0. The molecule has 0 spiro atoms. The number of allylic oxidation sites excluding steroid dienone is 2. The van der Waals surface area contributed by atoms with Crippen LogP contribution in [0.1, 0.15) is 19.4 Å². The zero-order valence-electron chi connectivity index (χ0n) is 10.2. The molecule has 0 fully saturated rings. The summed E-state index contributed by atoms with van der Waals surface area (Å²) in [6.45, 7) is 3.59. The lowest BCUT2D eigenvalue weighted by atomic mass is 9.99. The molecule has 0 unspecified atom stereocenters. The third kappa shape index (κ3) is 2.82. The van der Waals surface area contributed by atoms with Crippen molar-refractivity contribution in [2.24, 2.45) is 0 Å². The summed E-state index contributed by atoms with van der Waals surface area (Å²) in [4.78, 5) is 11.0. The van der Waals surface area contributed by atoms with Gasteiger partial charge in [0.2, 0.25) is 0 Å². The SMILES string of the molecule is CC(=O)/C=C(/C)Cc1cccc2ccccc12. The number of hydrogen-bond acceptors (Lipinski definition) is 1. The molecule has 0 N–H and O–H groups in total. The van der Waals surface area contributed by atoms with Gasteiger partial charge in [0.25, 0.3) is 0 Å². The monoisotopic (exact) mass is 224 g/mol. The fourth-order valence-corrected chi connectivity index (χ4v) is 2.15. The van der Waals surface area contributed by atoms with Gasteiger partial charge in [-0.3, -0.25) is 4.79 Å². The van der Waals surface area contributed by atoms with Crippen LogP contribution in [-0.4, -0.2) is 5.78 Å². The van der Waals surface area contributed by atoms with Gasteiger partial charge in [0, 0.05) is 0 Å². The predicted molar refractivity (Wildman–Crippen MR) is 72.1 cm³/mol. The minimum absolute atomic E-state index is 0.114. The number of ketones is 1. The fraction of sp³-hybridized carbons (Fsp3) is 0.188. The molecule has 0 aromatic heterocycles. The van der Waals surface area contributed by atoms with Crippen LogP contribution in [0.25, 0.3) is 10.8 Å². The lowest BCUT2D eigenvalue weighted by Gasteiger charge is -2.06. The van der Waals surface area contributed by atoms with Crippen LogP contribution in [0.4, 0.5) is 0 Å². The van der Waals surface area contributed by atoms with Crippen molar-refractivity contribution in [3.05, 3.63) is 59.7 Å². The number of fused-ring (bicyclic) bond motifs is 1. The second-order valence-electron chi connectivity index (χ2n) is 4.42. The van der Waals surface area contributed by atoms with E-state index in [1.165, 1.54) is 16.3 Å². The molecule has 86 valence electrons. The molecule has 0 saturated heterocycles. The molecule has 2 rings (SSSR count). The van der Waals surface area contributed by atoms with Crippen molar-refractivity contribution in [3.63, 3.8) is 0 Å². The topological polar surface area (TPSA) is 17.1 Å². The average Bonchev–Trinajstić information content (AvgIpc) is 2.28. The predicted octanol–water partition coefficient (Wildman–Crippen LogP) is 3.92. The molecule has 0 aliphatic carbocycles. The summed E-state index contributed by atoms with van der Waals surface area (Å²) in [6, 6.07) is 14.6. The minimum Gasteiger partial charge on any atom is -0.295 e. The van der Waals surface area contributed by atoms with Crippen molar-refractivity contribution in [1.29, 1.82) is 0 Å². The second kappa shape index (κ2) is 4.96. The van der Waals surface area contributed by atoms with E-state index in [-0.39, 0.29) is 5.78 Å². The molecule has 2 aromatic carbocycles. The third-order valence-corrected chi connectivity index (χ3v) is 2.80. The Labute approximate surface area is 102 Å². The maximum atomic E-state index is 11.0. The van der Waals surface area contributed by atoms with E-state index in [0.29, 0.717) is 0 Å². The highest BCUT2D eigenvalue weighted by Gasteiger charge is 2.01. The lowest BCUT2D eigenvalue weighted by molar-refractivity contribution is -0.112. The van der Waals surface area contributed by atoms with Gasteiger partial charge in [0.1, 0.15) is 0 Å². The first-order valence-electron chi connectivity index (χ1n) is 5.81. The molecule has 0 radical (unpaired) electrons. The highest BCUT2D eigenvalue weighted by atomic mass is 16.1. The summed E-state index contributed by atoms with van der Waals surface area (Å²) in [6.07, 6.45) is 2.54. The van der Waals surface area contributed by atoms with Gasteiger partial charge in [0.05, 0.1) is 0 Å². The van der Waals surface area contributed by atoms with Crippen LogP contribution in [0.5, 0.6) is 0 Å². The van der Waals surface area contributed by atoms with Gasteiger partial charge >= 0.3 is 0 Å². The van der Waals surface area contributed by atoms with Gasteiger partial charge in [-0.1, -0.05) is 48.0 Å². The van der Waals surface area contributed by atoms with Gasteiger partial charge < -0.3 is 0 Å². The zero-order valence-corrected chi connectivity index (χ0v) is 10.2. The van der Waals surface area contributed by atoms with Crippen molar-refractivity contribution in [2.45, 2.75) is 20.3 Å². The van der Waals surface area contributed by atoms with Gasteiger partial charge in [-0.2, -0.15) is 0 Å². The van der Waals surface area contributed by atoms with Gasteiger partial charge in [-0.15, -0.1) is 0 Å². The van der Waals surface area contributed by atoms with E-state index in [2.05, 4.69) is 36.4 Å². The van der Waals surface area contributed by atoms with Crippen molar-refractivity contribution >= 4 is 16.6 Å². The number of rotatable bonds is 3. The van der Waals surface area contributed by atoms with Crippen LogP contribution in [0.15, 0.2) is 54.1 Å². The van der Waals surface area contributed by atoms with Crippen LogP contribution in [0.3, 0.4) is 0 Å². The van der Waals surface area contributed by atoms with Crippen molar-refractivity contribution in [2.75, 3.05) is 0 Å². The largest absolute Gasteiger partial charge is 0.295 e. The van der Waals surface area contributed by atoms with Gasteiger partial charge in [-0.25, -0.2) is 0 Å². The first kappa shape index (κ1) is 11.6. The molecule has 0 atom stereocenters. The van der Waals surface area contributed by atoms with E-state index in [1.807, 2.05) is 13.0 Å². The number of benzene rings is 2. The molecule has 0 amide bonds. The van der Waals surface area contributed by atoms with Crippen LogP contribution < -0.4 is 0 Å². The Kier molecular flexibility index (Phi) is 3.38. The Morgan fingerprint density at radius 2 is 1.76 bits per heavy atom. The molecule has 0 aliphatic rings. The molecule has 1 nitrogen and oxygen atoms in total. The smallest absolute Gasteiger partial charge is 0.152 e. The van der Waals surface area contributed by atoms with Gasteiger partial charge in [0.15, 0.2) is 5.78 Å². The van der Waals surface area contributed by atoms with Crippen LogP contribution in [0, 0.1) is 0 Å². The molecule has 17 heavy (non-hydrogen) atoms. The Morgan fingerprint density at radius 1 is 1.06 bits per heavy atom. The molecular formula is C16H16O. The Hall–Kier alpha value is -1.89. The first-order chi connectivity index (χ1) is 8.16. The minimum atomic E-state index is 0.114. The first-order valence-corrected chi connectivity index (χ1v) is 5.81. The van der Waals surface area contributed by atoms with Crippen molar-refractivity contribution < 1.29 is 4.79 Å². The summed E-state index contributed by atoms with van der Waals surface area (Å²) in [5.74, 6) is 0.114. The number of carbonyl (C=O) groups is 1. The van der Waals surface area contributed by atoms with Crippen LogP contribution >= 0.6 is 0 Å². The molecule has 1 heteroatoms. The summed E-state index contributed by atoms with van der Waals surface area (Å²) in [5.41, 5.74) is 2.38. The fourth-order valence-electron chi connectivity index (χ4n) is 2.15. The van der Waals surface area contributed by atoms with Crippen molar-refractivity contribution in [3.8, 4) is 0 Å². The van der Waals surface area contributed by atoms with E-state index in [1.54, 1.807) is 13.0 Å². The third-order valence-electron chi connectivity index (χ3n) is 2.80. The number of carbonyl (C=O) groups excluding carboxylic acids is 1. The zero-order chi connectivity index (χ0) is 12.3. The Balaban J connectivity index is 2.39. The van der Waals surface area contributed by atoms with E-state index < -0.39 is 0 Å². The van der Waals surface area contributed by atoms with Crippen molar-refractivity contribution in [1.82, 2.24) is 0 Å².